The van der Waals surface area contributed by atoms with E-state index < -0.39 is 9.84 Å². The molecule has 0 aromatic heterocycles. The molecule has 2 fully saturated rings. The van der Waals surface area contributed by atoms with Crippen LogP contribution < -0.4 is 5.32 Å². The van der Waals surface area contributed by atoms with Crippen LogP contribution in [0.1, 0.15) is 30.4 Å². The third-order valence-electron chi connectivity index (χ3n) is 4.63. The molecule has 1 aliphatic carbocycles. The summed E-state index contributed by atoms with van der Waals surface area (Å²) in [5.74, 6) is 0.603. The van der Waals surface area contributed by atoms with Crippen LogP contribution in [0.5, 0.6) is 0 Å². The molecular formula is C16H21NO3S. The molecule has 2 aliphatic rings. The van der Waals surface area contributed by atoms with Gasteiger partial charge in [0.05, 0.1) is 16.9 Å². The number of sulfone groups is 1. The zero-order valence-electron chi connectivity index (χ0n) is 12.3. The van der Waals surface area contributed by atoms with Gasteiger partial charge in [-0.3, -0.25) is 4.79 Å². The van der Waals surface area contributed by atoms with E-state index in [0.29, 0.717) is 13.0 Å². The number of hydrogen-bond donors (Lipinski definition) is 1. The topological polar surface area (TPSA) is 63.2 Å². The SMILES string of the molecule is Cc1cccc(C2(C(=O)NC[C@H]3CCS(=O)(=O)C3)CC2)c1. The third-order valence-corrected chi connectivity index (χ3v) is 6.47. The number of carbonyl (C=O) groups is 1. The second-order valence-corrected chi connectivity index (χ2v) is 8.66. The first-order valence-corrected chi connectivity index (χ1v) is 9.29. The number of aryl methyl sites for hydroxylation is 1. The third kappa shape index (κ3) is 2.98. The molecule has 0 bridgehead atoms. The van der Waals surface area contributed by atoms with E-state index in [4.69, 9.17) is 0 Å². The lowest BCUT2D eigenvalue weighted by molar-refractivity contribution is -0.123. The fraction of sp³-hybridized carbons (Fsp3) is 0.562. The zero-order valence-corrected chi connectivity index (χ0v) is 13.1. The molecule has 0 radical (unpaired) electrons. The Bertz CT molecular complexity index is 662. The Morgan fingerprint density at radius 2 is 2.14 bits per heavy atom. The van der Waals surface area contributed by atoms with Crippen molar-refractivity contribution in [1.29, 1.82) is 0 Å². The molecule has 1 aromatic rings. The summed E-state index contributed by atoms with van der Waals surface area (Å²) in [5.41, 5.74) is 1.87. The van der Waals surface area contributed by atoms with Gasteiger partial charge < -0.3 is 5.32 Å². The summed E-state index contributed by atoms with van der Waals surface area (Å²) in [7, 11) is -2.87. The minimum Gasteiger partial charge on any atom is -0.355 e. The largest absolute Gasteiger partial charge is 0.355 e. The fourth-order valence-corrected chi connectivity index (χ4v) is 5.02. The zero-order chi connectivity index (χ0) is 15.1. The summed E-state index contributed by atoms with van der Waals surface area (Å²) >= 11 is 0. The molecule has 5 heteroatoms. The van der Waals surface area contributed by atoms with E-state index in [1.165, 1.54) is 0 Å². The van der Waals surface area contributed by atoms with Crippen LogP contribution in [-0.2, 0) is 20.0 Å². The first-order valence-electron chi connectivity index (χ1n) is 7.47. The number of nitrogens with one attached hydrogen (secondary N) is 1. The number of benzene rings is 1. The summed E-state index contributed by atoms with van der Waals surface area (Å²) in [5, 5.41) is 2.98. The number of hydrogen-bond acceptors (Lipinski definition) is 3. The Labute approximate surface area is 125 Å². The van der Waals surface area contributed by atoms with Gasteiger partial charge in [-0.05, 0) is 37.7 Å². The quantitative estimate of drug-likeness (QED) is 0.918. The Morgan fingerprint density at radius 3 is 2.71 bits per heavy atom. The second-order valence-electron chi connectivity index (χ2n) is 6.43. The Kier molecular flexibility index (Phi) is 3.56. The van der Waals surface area contributed by atoms with E-state index in [1.807, 2.05) is 25.1 Å². The van der Waals surface area contributed by atoms with Crippen molar-refractivity contribution < 1.29 is 13.2 Å². The molecule has 114 valence electrons. The maximum Gasteiger partial charge on any atom is 0.230 e. The van der Waals surface area contributed by atoms with Crippen LogP contribution in [0.3, 0.4) is 0 Å². The molecule has 1 saturated heterocycles. The average Bonchev–Trinajstić information content (AvgIpc) is 3.16. The fourth-order valence-electron chi connectivity index (χ4n) is 3.15. The van der Waals surface area contributed by atoms with Gasteiger partial charge in [-0.15, -0.1) is 0 Å². The Balaban J connectivity index is 1.63. The lowest BCUT2D eigenvalue weighted by Crippen LogP contribution is -2.38. The van der Waals surface area contributed by atoms with E-state index in [2.05, 4.69) is 11.4 Å². The second kappa shape index (κ2) is 5.13. The summed E-state index contributed by atoms with van der Waals surface area (Å²) < 4.78 is 22.9. The molecule has 3 rings (SSSR count). The summed E-state index contributed by atoms with van der Waals surface area (Å²) in [6.45, 7) is 2.51. The molecule has 1 N–H and O–H groups in total. The first kappa shape index (κ1) is 14.6. The van der Waals surface area contributed by atoms with Crippen molar-refractivity contribution >= 4 is 15.7 Å². The molecular weight excluding hydrogens is 286 g/mol. The highest BCUT2D eigenvalue weighted by atomic mass is 32.2. The van der Waals surface area contributed by atoms with Crippen LogP contribution in [-0.4, -0.2) is 32.4 Å². The molecule has 1 aromatic carbocycles. The minimum atomic E-state index is -2.87. The molecule has 1 atom stereocenters. The van der Waals surface area contributed by atoms with Crippen molar-refractivity contribution in [1.82, 2.24) is 5.32 Å². The van der Waals surface area contributed by atoms with Gasteiger partial charge in [0, 0.05) is 6.54 Å². The summed E-state index contributed by atoms with van der Waals surface area (Å²) in [6, 6.07) is 8.11. The standard InChI is InChI=1S/C16H21NO3S/c1-12-3-2-4-14(9-12)16(6-7-16)15(18)17-10-13-5-8-21(19,20)11-13/h2-4,9,13H,5-8,10-11H2,1H3,(H,17,18)/t13-/m1/s1. The van der Waals surface area contributed by atoms with E-state index in [-0.39, 0.29) is 28.7 Å². The lowest BCUT2D eigenvalue weighted by atomic mass is 9.93. The van der Waals surface area contributed by atoms with E-state index in [0.717, 1.165) is 24.0 Å². The Hall–Kier alpha value is -1.36. The van der Waals surface area contributed by atoms with Crippen LogP contribution in [0.2, 0.25) is 0 Å². The highest BCUT2D eigenvalue weighted by Crippen LogP contribution is 2.48. The van der Waals surface area contributed by atoms with Gasteiger partial charge in [0.2, 0.25) is 5.91 Å². The first-order chi connectivity index (χ1) is 9.91. The lowest BCUT2D eigenvalue weighted by Gasteiger charge is -2.18. The molecule has 21 heavy (non-hydrogen) atoms. The van der Waals surface area contributed by atoms with Gasteiger partial charge in [0.1, 0.15) is 0 Å². The van der Waals surface area contributed by atoms with E-state index >= 15 is 0 Å². The molecule has 0 spiro atoms. The van der Waals surface area contributed by atoms with Gasteiger partial charge in [-0.1, -0.05) is 29.8 Å². The molecule has 1 saturated carbocycles. The van der Waals surface area contributed by atoms with Crippen LogP contribution >= 0.6 is 0 Å². The Morgan fingerprint density at radius 1 is 1.38 bits per heavy atom. The minimum absolute atomic E-state index is 0.0531. The van der Waals surface area contributed by atoms with Crippen LogP contribution in [0.15, 0.2) is 24.3 Å². The van der Waals surface area contributed by atoms with Crippen LogP contribution in [0, 0.1) is 12.8 Å². The smallest absolute Gasteiger partial charge is 0.230 e. The molecule has 4 nitrogen and oxygen atoms in total. The van der Waals surface area contributed by atoms with E-state index in [9.17, 15) is 13.2 Å². The predicted molar refractivity (Wildman–Crippen MR) is 81.9 cm³/mol. The maximum absolute atomic E-state index is 12.5. The number of carbonyl (C=O) groups excluding carboxylic acids is 1. The van der Waals surface area contributed by atoms with Crippen molar-refractivity contribution in [3.63, 3.8) is 0 Å². The van der Waals surface area contributed by atoms with Crippen molar-refractivity contribution in [2.75, 3.05) is 18.1 Å². The molecule has 0 unspecified atom stereocenters. The number of rotatable bonds is 4. The van der Waals surface area contributed by atoms with Crippen LogP contribution in [0.25, 0.3) is 0 Å². The summed E-state index contributed by atoms with van der Waals surface area (Å²) in [6.07, 6.45) is 2.43. The van der Waals surface area contributed by atoms with Gasteiger partial charge in [-0.2, -0.15) is 0 Å². The summed E-state index contributed by atoms with van der Waals surface area (Å²) in [4.78, 5) is 12.5. The van der Waals surface area contributed by atoms with Gasteiger partial charge in [0.15, 0.2) is 9.84 Å². The van der Waals surface area contributed by atoms with Crippen molar-refractivity contribution in [3.05, 3.63) is 35.4 Å². The molecule has 1 aliphatic heterocycles. The monoisotopic (exact) mass is 307 g/mol. The van der Waals surface area contributed by atoms with Crippen molar-refractivity contribution in [3.8, 4) is 0 Å². The maximum atomic E-state index is 12.5. The molecule has 1 heterocycles. The highest BCUT2D eigenvalue weighted by Gasteiger charge is 2.51. The van der Waals surface area contributed by atoms with Gasteiger partial charge in [0.25, 0.3) is 0 Å². The normalized spacial score (nSPS) is 25.5. The number of amides is 1. The van der Waals surface area contributed by atoms with Gasteiger partial charge in [-0.25, -0.2) is 8.42 Å². The highest BCUT2D eigenvalue weighted by molar-refractivity contribution is 7.91. The van der Waals surface area contributed by atoms with Crippen molar-refractivity contribution in [2.24, 2.45) is 5.92 Å². The van der Waals surface area contributed by atoms with Gasteiger partial charge >= 0.3 is 0 Å². The van der Waals surface area contributed by atoms with E-state index in [1.54, 1.807) is 0 Å². The van der Waals surface area contributed by atoms with Crippen LogP contribution in [0.4, 0.5) is 0 Å². The average molecular weight is 307 g/mol. The molecule has 1 amide bonds. The predicted octanol–water partition coefficient (Wildman–Crippen LogP) is 1.58. The van der Waals surface area contributed by atoms with Crippen molar-refractivity contribution in [2.45, 2.75) is 31.6 Å².